The van der Waals surface area contributed by atoms with Gasteiger partial charge in [-0.25, -0.2) is 9.48 Å². The summed E-state index contributed by atoms with van der Waals surface area (Å²) in [6.07, 6.45) is 2.25. The van der Waals surface area contributed by atoms with E-state index in [1.807, 2.05) is 6.07 Å². The molecule has 0 amide bonds. The van der Waals surface area contributed by atoms with Crippen molar-refractivity contribution < 1.29 is 18.7 Å². The van der Waals surface area contributed by atoms with Gasteiger partial charge in [-0.1, -0.05) is 29.3 Å². The number of nitrogens with zero attached hydrogens (tertiary/aromatic N) is 2. The Morgan fingerprint density at radius 3 is 2.74 bits per heavy atom. The molecule has 0 unspecified atom stereocenters. The fourth-order valence-electron chi connectivity index (χ4n) is 3.34. The number of rotatable bonds is 5. The maximum atomic E-state index is 14.7. The van der Waals surface area contributed by atoms with Gasteiger partial charge in [-0.15, -0.1) is 0 Å². The highest BCUT2D eigenvalue weighted by molar-refractivity contribution is 6.35. The number of aromatic nitrogens is 2. The van der Waals surface area contributed by atoms with Crippen molar-refractivity contribution in [3.63, 3.8) is 0 Å². The van der Waals surface area contributed by atoms with Gasteiger partial charge < -0.3 is 9.47 Å². The predicted molar refractivity (Wildman–Crippen MR) is 101 cm³/mol. The summed E-state index contributed by atoms with van der Waals surface area (Å²) in [7, 11) is 2.73. The molecule has 0 fully saturated rings. The third-order valence-corrected chi connectivity index (χ3v) is 5.11. The summed E-state index contributed by atoms with van der Waals surface area (Å²) < 4.78 is 26.2. The molecule has 144 valence electrons. The molecule has 1 aromatic heterocycles. The molecule has 0 aliphatic heterocycles. The molecular formula is C19H19Cl2FN2O3. The Morgan fingerprint density at radius 2 is 2.07 bits per heavy atom. The fourth-order valence-corrected chi connectivity index (χ4v) is 3.82. The molecule has 0 spiro atoms. The van der Waals surface area contributed by atoms with Gasteiger partial charge in [-0.3, -0.25) is 0 Å². The van der Waals surface area contributed by atoms with Gasteiger partial charge in [0.25, 0.3) is 0 Å². The highest BCUT2D eigenvalue weighted by atomic mass is 35.5. The maximum absolute atomic E-state index is 14.7. The second-order valence-electron chi connectivity index (χ2n) is 6.24. The van der Waals surface area contributed by atoms with Crippen LogP contribution in [0, 0.1) is 0 Å². The zero-order chi connectivity index (χ0) is 19.6. The number of methoxy groups -OCH3 is 2. The smallest absolute Gasteiger partial charge is 0.367 e. The summed E-state index contributed by atoms with van der Waals surface area (Å²) in [5.74, 6) is -1.85. The van der Waals surface area contributed by atoms with Crippen molar-refractivity contribution in [3.8, 4) is 0 Å². The van der Waals surface area contributed by atoms with Crippen LogP contribution in [0.15, 0.2) is 24.0 Å². The predicted octanol–water partition coefficient (Wildman–Crippen LogP) is 4.57. The lowest BCUT2D eigenvalue weighted by atomic mass is 9.88. The van der Waals surface area contributed by atoms with E-state index < -0.39 is 11.8 Å². The lowest BCUT2D eigenvalue weighted by Crippen LogP contribution is -2.12. The van der Waals surface area contributed by atoms with E-state index >= 15 is 0 Å². The highest BCUT2D eigenvalue weighted by Crippen LogP contribution is 2.38. The van der Waals surface area contributed by atoms with Crippen LogP contribution in [-0.2, 0) is 33.8 Å². The van der Waals surface area contributed by atoms with E-state index in [0.29, 0.717) is 46.1 Å². The number of hydrogen-bond donors (Lipinski definition) is 0. The third-order valence-electron chi connectivity index (χ3n) is 4.53. The van der Waals surface area contributed by atoms with Crippen LogP contribution in [-0.4, -0.2) is 30.0 Å². The summed E-state index contributed by atoms with van der Waals surface area (Å²) in [6, 6.07) is 5.21. The molecule has 8 heteroatoms. The van der Waals surface area contributed by atoms with Gasteiger partial charge in [0.2, 0.25) is 5.83 Å². The molecule has 5 nitrogen and oxygen atoms in total. The first-order valence-corrected chi connectivity index (χ1v) is 9.20. The van der Waals surface area contributed by atoms with Gasteiger partial charge in [-0.2, -0.15) is 9.49 Å². The SMILES string of the molecule is COCn1nc(Cc2ccc(Cl)cc2Cl)c2c1CCC/C2=C(/F)C(=O)OC. The Hall–Kier alpha value is -1.89. The number of halogens is 3. The highest BCUT2D eigenvalue weighted by Gasteiger charge is 2.29. The van der Waals surface area contributed by atoms with Crippen LogP contribution in [0.3, 0.4) is 0 Å². The molecule has 1 aromatic carbocycles. The van der Waals surface area contributed by atoms with E-state index in [1.54, 1.807) is 23.9 Å². The molecule has 0 atom stereocenters. The first-order chi connectivity index (χ1) is 13.0. The van der Waals surface area contributed by atoms with Crippen LogP contribution in [0.2, 0.25) is 10.0 Å². The second-order valence-corrected chi connectivity index (χ2v) is 7.08. The molecule has 0 N–H and O–H groups in total. The monoisotopic (exact) mass is 412 g/mol. The number of carbonyl (C=O) groups is 1. The van der Waals surface area contributed by atoms with Crippen LogP contribution >= 0.6 is 23.2 Å². The minimum atomic E-state index is -0.979. The summed E-state index contributed by atoms with van der Waals surface area (Å²) in [6.45, 7) is 0.240. The van der Waals surface area contributed by atoms with Gasteiger partial charge in [0, 0.05) is 40.4 Å². The second kappa shape index (κ2) is 8.42. The number of ether oxygens (including phenoxy) is 2. The molecule has 0 radical (unpaired) electrons. The van der Waals surface area contributed by atoms with E-state index in [2.05, 4.69) is 9.84 Å². The zero-order valence-corrected chi connectivity index (χ0v) is 16.5. The normalized spacial score (nSPS) is 15.4. The molecule has 1 heterocycles. The fraction of sp³-hybridized carbons (Fsp3) is 0.368. The van der Waals surface area contributed by atoms with Gasteiger partial charge in [0.1, 0.15) is 6.73 Å². The lowest BCUT2D eigenvalue weighted by molar-refractivity contribution is -0.137. The van der Waals surface area contributed by atoms with Crippen molar-refractivity contribution in [2.75, 3.05) is 14.2 Å². The summed E-state index contributed by atoms with van der Waals surface area (Å²) in [5, 5.41) is 5.65. The van der Waals surface area contributed by atoms with Gasteiger partial charge in [0.15, 0.2) is 0 Å². The van der Waals surface area contributed by atoms with Crippen molar-refractivity contribution in [1.82, 2.24) is 9.78 Å². The number of allylic oxidation sites excluding steroid dienone is 1. The van der Waals surface area contributed by atoms with Gasteiger partial charge in [-0.05, 0) is 37.0 Å². The van der Waals surface area contributed by atoms with E-state index in [1.165, 1.54) is 0 Å². The Morgan fingerprint density at radius 1 is 1.30 bits per heavy atom. The van der Waals surface area contributed by atoms with Crippen LogP contribution in [0.5, 0.6) is 0 Å². The Labute approximate surface area is 166 Å². The van der Waals surface area contributed by atoms with Crippen molar-refractivity contribution in [3.05, 3.63) is 56.6 Å². The van der Waals surface area contributed by atoms with Crippen molar-refractivity contribution in [2.24, 2.45) is 0 Å². The van der Waals surface area contributed by atoms with Crippen LogP contribution in [0.4, 0.5) is 4.39 Å². The topological polar surface area (TPSA) is 53.4 Å². The molecular weight excluding hydrogens is 394 g/mol. The quantitative estimate of drug-likeness (QED) is 0.532. The number of benzene rings is 1. The zero-order valence-electron chi connectivity index (χ0n) is 15.0. The number of hydrogen-bond acceptors (Lipinski definition) is 4. The Balaban J connectivity index is 2.13. The van der Waals surface area contributed by atoms with Crippen LogP contribution in [0.25, 0.3) is 5.57 Å². The molecule has 0 saturated carbocycles. The van der Waals surface area contributed by atoms with E-state index in [0.717, 1.165) is 24.8 Å². The third kappa shape index (κ3) is 4.03. The lowest BCUT2D eigenvalue weighted by Gasteiger charge is -2.18. The maximum Gasteiger partial charge on any atom is 0.367 e. The molecule has 0 bridgehead atoms. The number of carbonyl (C=O) groups excluding carboxylic acids is 1. The average Bonchev–Trinajstić information content (AvgIpc) is 3.01. The Kier molecular flexibility index (Phi) is 6.19. The van der Waals surface area contributed by atoms with E-state index in [9.17, 15) is 9.18 Å². The molecule has 1 aliphatic carbocycles. The summed E-state index contributed by atoms with van der Waals surface area (Å²) in [5.41, 5.74) is 3.27. The van der Waals surface area contributed by atoms with Gasteiger partial charge >= 0.3 is 5.97 Å². The van der Waals surface area contributed by atoms with Crippen molar-refractivity contribution in [1.29, 1.82) is 0 Å². The van der Waals surface area contributed by atoms with Crippen molar-refractivity contribution >= 4 is 34.7 Å². The molecule has 3 rings (SSSR count). The minimum Gasteiger partial charge on any atom is -0.464 e. The van der Waals surface area contributed by atoms with Crippen LogP contribution < -0.4 is 0 Å². The van der Waals surface area contributed by atoms with Crippen LogP contribution in [0.1, 0.15) is 35.4 Å². The van der Waals surface area contributed by atoms with Gasteiger partial charge in [0.05, 0.1) is 12.8 Å². The average molecular weight is 413 g/mol. The molecule has 2 aromatic rings. The van der Waals surface area contributed by atoms with E-state index in [-0.39, 0.29) is 6.73 Å². The van der Waals surface area contributed by atoms with Crippen molar-refractivity contribution in [2.45, 2.75) is 32.4 Å². The molecule has 1 aliphatic rings. The van der Waals surface area contributed by atoms with E-state index in [4.69, 9.17) is 27.9 Å². The Bertz CT molecular complexity index is 909. The first kappa shape index (κ1) is 19.9. The molecule has 0 saturated heterocycles. The number of fused-ring (bicyclic) bond motifs is 1. The first-order valence-electron chi connectivity index (χ1n) is 8.45. The standard InChI is InChI=1S/C19H19Cl2FN2O3/c1-26-10-24-16-5-3-4-13(18(22)19(25)27-2)17(16)15(23-24)8-11-6-7-12(20)9-14(11)21/h6-7,9H,3-5,8,10H2,1-2H3/b18-13-. The molecule has 27 heavy (non-hydrogen) atoms. The summed E-state index contributed by atoms with van der Waals surface area (Å²) >= 11 is 12.3. The summed E-state index contributed by atoms with van der Waals surface area (Å²) in [4.78, 5) is 11.8. The largest absolute Gasteiger partial charge is 0.464 e. The number of esters is 1. The minimum absolute atomic E-state index is 0.240.